The Balaban J connectivity index is 2.28. The standard InChI is InChI=1S/C14H23F2N3O2/c1-13(2,3)21-12(20)18-10-14(15,16)9-17-7-11-5-6-19(4)8-11/h5-6,8,17H,7,9-10H2,1-4H3,(H,18,20). The number of nitrogens with one attached hydrogen (secondary N) is 2. The predicted octanol–water partition coefficient (Wildman–Crippen LogP) is 2.27. The van der Waals surface area contributed by atoms with Gasteiger partial charge in [-0.3, -0.25) is 0 Å². The minimum absolute atomic E-state index is 0.350. The van der Waals surface area contributed by atoms with E-state index in [9.17, 15) is 13.6 Å². The molecule has 120 valence electrons. The zero-order valence-corrected chi connectivity index (χ0v) is 12.9. The molecule has 1 aromatic heterocycles. The van der Waals surface area contributed by atoms with Gasteiger partial charge in [-0.15, -0.1) is 0 Å². The van der Waals surface area contributed by atoms with Gasteiger partial charge in [-0.05, 0) is 32.4 Å². The van der Waals surface area contributed by atoms with Crippen molar-refractivity contribution >= 4 is 6.09 Å². The highest BCUT2D eigenvalue weighted by Gasteiger charge is 2.30. The first kappa shape index (κ1) is 17.4. The summed E-state index contributed by atoms with van der Waals surface area (Å²) in [5, 5.41) is 4.75. The lowest BCUT2D eigenvalue weighted by Crippen LogP contribution is -2.44. The number of rotatable bonds is 6. The summed E-state index contributed by atoms with van der Waals surface area (Å²) in [5.41, 5.74) is 0.221. The first-order valence-corrected chi connectivity index (χ1v) is 6.74. The van der Waals surface area contributed by atoms with Crippen LogP contribution in [0, 0.1) is 0 Å². The summed E-state index contributed by atoms with van der Waals surface area (Å²) < 4.78 is 33.9. The molecule has 21 heavy (non-hydrogen) atoms. The molecular formula is C14H23F2N3O2. The van der Waals surface area contributed by atoms with Gasteiger partial charge in [0.05, 0.1) is 13.1 Å². The number of alkyl halides is 2. The lowest BCUT2D eigenvalue weighted by Gasteiger charge is -2.22. The van der Waals surface area contributed by atoms with Gasteiger partial charge in [0.1, 0.15) is 5.60 Å². The summed E-state index contributed by atoms with van der Waals surface area (Å²) in [5.74, 6) is -3.04. The number of hydrogen-bond donors (Lipinski definition) is 2. The molecule has 0 bridgehead atoms. The summed E-state index contributed by atoms with van der Waals surface area (Å²) >= 11 is 0. The van der Waals surface area contributed by atoms with Crippen molar-refractivity contribution in [2.45, 2.75) is 38.8 Å². The smallest absolute Gasteiger partial charge is 0.407 e. The molecule has 0 saturated carbocycles. The molecule has 0 radical (unpaired) electrons. The van der Waals surface area contributed by atoms with Crippen LogP contribution in [-0.4, -0.2) is 35.3 Å². The van der Waals surface area contributed by atoms with Crippen LogP contribution in [0.25, 0.3) is 0 Å². The van der Waals surface area contributed by atoms with E-state index in [4.69, 9.17) is 4.74 Å². The quantitative estimate of drug-likeness (QED) is 0.847. The van der Waals surface area contributed by atoms with Crippen LogP contribution in [0.1, 0.15) is 26.3 Å². The zero-order valence-electron chi connectivity index (χ0n) is 12.9. The number of amides is 1. The van der Waals surface area contributed by atoms with Gasteiger partial charge in [-0.25, -0.2) is 13.6 Å². The van der Waals surface area contributed by atoms with Crippen molar-refractivity contribution in [1.29, 1.82) is 0 Å². The predicted molar refractivity (Wildman–Crippen MR) is 76.3 cm³/mol. The molecule has 0 saturated heterocycles. The van der Waals surface area contributed by atoms with Crippen molar-refractivity contribution in [3.05, 3.63) is 24.0 Å². The summed E-state index contributed by atoms with van der Waals surface area (Å²) in [4.78, 5) is 11.3. The maximum atomic E-state index is 13.6. The zero-order chi connectivity index (χ0) is 16.1. The molecule has 5 nitrogen and oxygen atoms in total. The highest BCUT2D eigenvalue weighted by atomic mass is 19.3. The lowest BCUT2D eigenvalue weighted by atomic mass is 10.2. The first-order valence-electron chi connectivity index (χ1n) is 6.74. The Kier molecular flexibility index (Phi) is 5.71. The molecule has 0 unspecified atom stereocenters. The average molecular weight is 303 g/mol. The third-order valence-electron chi connectivity index (χ3n) is 2.50. The fourth-order valence-electron chi connectivity index (χ4n) is 1.63. The molecule has 1 amide bonds. The van der Waals surface area contributed by atoms with E-state index in [0.29, 0.717) is 6.54 Å². The maximum Gasteiger partial charge on any atom is 0.407 e. The molecule has 0 spiro atoms. The van der Waals surface area contributed by atoms with Crippen LogP contribution < -0.4 is 10.6 Å². The molecule has 1 rings (SSSR count). The maximum absolute atomic E-state index is 13.6. The van der Waals surface area contributed by atoms with Crippen LogP contribution in [0.5, 0.6) is 0 Å². The number of hydrogen-bond acceptors (Lipinski definition) is 3. The van der Waals surface area contributed by atoms with E-state index < -0.39 is 30.7 Å². The fourth-order valence-corrected chi connectivity index (χ4v) is 1.63. The molecule has 2 N–H and O–H groups in total. The normalized spacial score (nSPS) is 12.3. The SMILES string of the molecule is Cn1ccc(CNCC(F)(F)CNC(=O)OC(C)(C)C)c1. The number of nitrogens with zero attached hydrogens (tertiary/aromatic N) is 1. The van der Waals surface area contributed by atoms with Crippen molar-refractivity contribution in [3.63, 3.8) is 0 Å². The second kappa shape index (κ2) is 6.89. The van der Waals surface area contributed by atoms with Crippen LogP contribution in [0.2, 0.25) is 0 Å². The molecule has 0 atom stereocenters. The Bertz CT molecular complexity index is 467. The van der Waals surface area contributed by atoms with Crippen molar-refractivity contribution < 1.29 is 18.3 Å². The minimum Gasteiger partial charge on any atom is -0.444 e. The minimum atomic E-state index is -3.04. The summed E-state index contributed by atoms with van der Waals surface area (Å²) in [6.07, 6.45) is 2.86. The van der Waals surface area contributed by atoms with Gasteiger partial charge in [-0.2, -0.15) is 0 Å². The van der Waals surface area contributed by atoms with E-state index in [1.807, 2.05) is 30.1 Å². The van der Waals surface area contributed by atoms with Gasteiger partial charge in [0.15, 0.2) is 0 Å². The third-order valence-corrected chi connectivity index (χ3v) is 2.50. The number of ether oxygens (including phenoxy) is 1. The first-order chi connectivity index (χ1) is 9.57. The van der Waals surface area contributed by atoms with E-state index in [1.165, 1.54) is 0 Å². The molecular weight excluding hydrogens is 280 g/mol. The molecule has 0 aliphatic heterocycles. The van der Waals surface area contributed by atoms with Crippen molar-refractivity contribution in [2.24, 2.45) is 7.05 Å². The summed E-state index contributed by atoms with van der Waals surface area (Å²) in [7, 11) is 1.86. The summed E-state index contributed by atoms with van der Waals surface area (Å²) in [6, 6.07) is 1.85. The monoisotopic (exact) mass is 303 g/mol. The number of alkyl carbamates (subject to hydrolysis) is 1. The van der Waals surface area contributed by atoms with E-state index in [0.717, 1.165) is 5.56 Å². The Hall–Kier alpha value is -1.63. The third kappa shape index (κ3) is 7.65. The molecule has 1 aromatic rings. The molecule has 0 aliphatic rings. The van der Waals surface area contributed by atoms with Gasteiger partial charge in [-0.1, -0.05) is 0 Å². The topological polar surface area (TPSA) is 55.3 Å². The van der Waals surface area contributed by atoms with Crippen LogP contribution >= 0.6 is 0 Å². The van der Waals surface area contributed by atoms with E-state index in [2.05, 4.69) is 10.6 Å². The van der Waals surface area contributed by atoms with Crippen LogP contribution in [-0.2, 0) is 18.3 Å². The number of aromatic nitrogens is 1. The molecule has 0 aromatic carbocycles. The highest BCUT2D eigenvalue weighted by Crippen LogP contribution is 2.12. The molecule has 1 heterocycles. The average Bonchev–Trinajstić information content (AvgIpc) is 2.70. The molecule has 0 aliphatic carbocycles. The van der Waals surface area contributed by atoms with Crippen molar-refractivity contribution in [2.75, 3.05) is 13.1 Å². The van der Waals surface area contributed by atoms with Gasteiger partial charge < -0.3 is 19.9 Å². The van der Waals surface area contributed by atoms with Crippen LogP contribution in [0.15, 0.2) is 18.5 Å². The fraction of sp³-hybridized carbons (Fsp3) is 0.643. The van der Waals surface area contributed by atoms with Crippen molar-refractivity contribution in [3.8, 4) is 0 Å². The van der Waals surface area contributed by atoms with E-state index in [1.54, 1.807) is 20.8 Å². The van der Waals surface area contributed by atoms with Crippen LogP contribution in [0.3, 0.4) is 0 Å². The number of halogens is 2. The van der Waals surface area contributed by atoms with Gasteiger partial charge in [0.25, 0.3) is 5.92 Å². The van der Waals surface area contributed by atoms with E-state index in [-0.39, 0.29) is 0 Å². The second-order valence-electron chi connectivity index (χ2n) is 6.00. The van der Waals surface area contributed by atoms with Crippen LogP contribution in [0.4, 0.5) is 13.6 Å². The lowest BCUT2D eigenvalue weighted by molar-refractivity contribution is -0.00376. The Morgan fingerprint density at radius 2 is 2.00 bits per heavy atom. The van der Waals surface area contributed by atoms with Gasteiger partial charge in [0, 0.05) is 26.0 Å². The number of carbonyl (C=O) groups excluding carboxylic acids is 1. The van der Waals surface area contributed by atoms with Gasteiger partial charge >= 0.3 is 6.09 Å². The molecule has 0 fully saturated rings. The largest absolute Gasteiger partial charge is 0.444 e. The van der Waals surface area contributed by atoms with E-state index >= 15 is 0 Å². The Labute approximate surface area is 123 Å². The van der Waals surface area contributed by atoms with Gasteiger partial charge in [0.2, 0.25) is 0 Å². The summed E-state index contributed by atoms with van der Waals surface area (Å²) in [6.45, 7) is 4.09. The number of carbonyl (C=O) groups is 1. The van der Waals surface area contributed by atoms with Crippen molar-refractivity contribution in [1.82, 2.24) is 15.2 Å². The Morgan fingerprint density at radius 1 is 1.33 bits per heavy atom. The molecule has 7 heteroatoms. The highest BCUT2D eigenvalue weighted by molar-refractivity contribution is 5.67. The second-order valence-corrected chi connectivity index (χ2v) is 6.00. The number of aryl methyl sites for hydroxylation is 1. The Morgan fingerprint density at radius 3 is 2.52 bits per heavy atom.